The summed E-state index contributed by atoms with van der Waals surface area (Å²) in [5.74, 6) is 2.48. The molecule has 3 aromatic carbocycles. The zero-order chi connectivity index (χ0) is 22.3. The average molecular weight is 445 g/mol. The van der Waals surface area contributed by atoms with E-state index in [9.17, 15) is 0 Å². The van der Waals surface area contributed by atoms with Crippen molar-refractivity contribution in [3.63, 3.8) is 0 Å². The van der Waals surface area contributed by atoms with E-state index in [0.717, 1.165) is 44.5 Å². The summed E-state index contributed by atoms with van der Waals surface area (Å²) in [4.78, 5) is 10.5. The fourth-order valence-corrected chi connectivity index (χ4v) is 4.13. The first kappa shape index (κ1) is 21.6. The molecule has 0 saturated heterocycles. The van der Waals surface area contributed by atoms with Crippen molar-refractivity contribution < 1.29 is 14.2 Å². The van der Waals surface area contributed by atoms with Crippen LogP contribution >= 0.6 is 11.3 Å². The lowest BCUT2D eigenvalue weighted by atomic mass is 10.1. The Bertz CT molecular complexity index is 1120. The van der Waals surface area contributed by atoms with Crippen LogP contribution in [0.4, 0.5) is 5.13 Å². The number of methoxy groups -OCH3 is 2. The van der Waals surface area contributed by atoms with E-state index in [2.05, 4.69) is 4.99 Å². The maximum Gasteiger partial charge on any atom is 0.210 e. The van der Waals surface area contributed by atoms with Crippen LogP contribution in [-0.4, -0.2) is 32.0 Å². The van der Waals surface area contributed by atoms with Gasteiger partial charge in [-0.15, -0.1) is 0 Å². The van der Waals surface area contributed by atoms with Crippen molar-refractivity contribution in [1.82, 2.24) is 4.98 Å². The molecule has 0 atom stereocenters. The zero-order valence-corrected chi connectivity index (χ0v) is 19.1. The molecule has 0 unspecified atom stereocenters. The summed E-state index contributed by atoms with van der Waals surface area (Å²) in [6.07, 6.45) is 1.82. The number of hydrogen-bond donors (Lipinski definition) is 0. The summed E-state index contributed by atoms with van der Waals surface area (Å²) in [5.41, 5.74) is 3.95. The second kappa shape index (κ2) is 10.1. The topological polar surface area (TPSA) is 52.9 Å². The SMILES string of the molecule is CCOc1ccc(C=Nc2nc(-c3ccc(OC)cc3)c(-c3ccc(OC)cc3)s2)cc1. The van der Waals surface area contributed by atoms with Crippen LogP contribution in [0.5, 0.6) is 17.2 Å². The minimum atomic E-state index is 0.648. The maximum absolute atomic E-state index is 5.50. The largest absolute Gasteiger partial charge is 0.497 e. The van der Waals surface area contributed by atoms with Crippen LogP contribution in [0.25, 0.3) is 21.7 Å². The third-order valence-electron chi connectivity index (χ3n) is 4.85. The van der Waals surface area contributed by atoms with Crippen molar-refractivity contribution in [2.24, 2.45) is 4.99 Å². The Morgan fingerprint density at radius 2 is 1.34 bits per heavy atom. The number of thiazole rings is 1. The molecule has 0 N–H and O–H groups in total. The van der Waals surface area contributed by atoms with Crippen molar-refractivity contribution in [1.29, 1.82) is 0 Å². The Kier molecular flexibility index (Phi) is 6.82. The monoisotopic (exact) mass is 444 g/mol. The summed E-state index contributed by atoms with van der Waals surface area (Å²) in [5, 5.41) is 0.690. The van der Waals surface area contributed by atoms with Gasteiger partial charge in [0.05, 0.1) is 31.4 Å². The third kappa shape index (κ3) is 4.98. The average Bonchev–Trinajstić information content (AvgIpc) is 3.28. The summed E-state index contributed by atoms with van der Waals surface area (Å²) < 4.78 is 16.1. The van der Waals surface area contributed by atoms with Crippen LogP contribution in [0.15, 0.2) is 77.8 Å². The molecule has 5 nitrogen and oxygen atoms in total. The fourth-order valence-electron chi connectivity index (χ4n) is 3.19. The first-order chi connectivity index (χ1) is 15.7. The molecule has 0 aliphatic carbocycles. The number of benzene rings is 3. The summed E-state index contributed by atoms with van der Waals surface area (Å²) in [6.45, 7) is 2.62. The molecule has 0 spiro atoms. The van der Waals surface area contributed by atoms with E-state index < -0.39 is 0 Å². The molecular weight excluding hydrogens is 420 g/mol. The highest BCUT2D eigenvalue weighted by molar-refractivity contribution is 7.19. The van der Waals surface area contributed by atoms with Gasteiger partial charge < -0.3 is 14.2 Å². The molecule has 0 radical (unpaired) electrons. The van der Waals surface area contributed by atoms with E-state index in [4.69, 9.17) is 19.2 Å². The molecule has 162 valence electrons. The summed E-state index contributed by atoms with van der Waals surface area (Å²) in [6, 6.07) is 23.8. The highest BCUT2D eigenvalue weighted by atomic mass is 32.1. The quantitative estimate of drug-likeness (QED) is 0.286. The first-order valence-electron chi connectivity index (χ1n) is 10.3. The van der Waals surface area contributed by atoms with Gasteiger partial charge in [0.25, 0.3) is 0 Å². The van der Waals surface area contributed by atoms with Crippen LogP contribution in [0.1, 0.15) is 12.5 Å². The van der Waals surface area contributed by atoms with Gasteiger partial charge in [-0.1, -0.05) is 11.3 Å². The molecule has 0 aliphatic rings. The Balaban J connectivity index is 1.69. The summed E-state index contributed by atoms with van der Waals surface area (Å²) in [7, 11) is 3.33. The van der Waals surface area contributed by atoms with Gasteiger partial charge in [0.15, 0.2) is 0 Å². The van der Waals surface area contributed by atoms with Crippen molar-refractivity contribution >= 4 is 22.7 Å². The predicted octanol–water partition coefficient (Wildman–Crippen LogP) is 6.64. The molecule has 0 fully saturated rings. The summed E-state index contributed by atoms with van der Waals surface area (Å²) >= 11 is 1.56. The van der Waals surface area contributed by atoms with E-state index in [1.165, 1.54) is 0 Å². The van der Waals surface area contributed by atoms with Crippen molar-refractivity contribution in [3.05, 3.63) is 78.4 Å². The third-order valence-corrected chi connectivity index (χ3v) is 5.86. The first-order valence-corrected chi connectivity index (χ1v) is 11.1. The normalized spacial score (nSPS) is 11.0. The molecule has 32 heavy (non-hydrogen) atoms. The zero-order valence-electron chi connectivity index (χ0n) is 18.2. The second-order valence-electron chi connectivity index (χ2n) is 6.89. The van der Waals surface area contributed by atoms with E-state index in [1.54, 1.807) is 25.6 Å². The van der Waals surface area contributed by atoms with Crippen molar-refractivity contribution in [2.75, 3.05) is 20.8 Å². The van der Waals surface area contributed by atoms with Gasteiger partial charge in [-0.3, -0.25) is 0 Å². The number of ether oxygens (including phenoxy) is 3. The number of rotatable bonds is 8. The predicted molar refractivity (Wildman–Crippen MR) is 131 cm³/mol. The second-order valence-corrected chi connectivity index (χ2v) is 7.87. The highest BCUT2D eigenvalue weighted by Crippen LogP contribution is 2.40. The van der Waals surface area contributed by atoms with Gasteiger partial charge in [-0.05, 0) is 90.8 Å². The minimum Gasteiger partial charge on any atom is -0.497 e. The number of aliphatic imine (C=N–C) groups is 1. The van der Waals surface area contributed by atoms with Gasteiger partial charge in [-0.25, -0.2) is 9.98 Å². The van der Waals surface area contributed by atoms with Gasteiger partial charge in [-0.2, -0.15) is 0 Å². The molecular formula is C26H24N2O3S. The van der Waals surface area contributed by atoms with Gasteiger partial charge in [0, 0.05) is 11.8 Å². The Labute approximate surface area is 192 Å². The molecule has 0 amide bonds. The smallest absolute Gasteiger partial charge is 0.210 e. The fraction of sp³-hybridized carbons (Fsp3) is 0.154. The van der Waals surface area contributed by atoms with Gasteiger partial charge in [0.1, 0.15) is 17.2 Å². The van der Waals surface area contributed by atoms with E-state index in [-0.39, 0.29) is 0 Å². The Morgan fingerprint density at radius 3 is 1.91 bits per heavy atom. The molecule has 0 bridgehead atoms. The number of hydrogen-bond acceptors (Lipinski definition) is 6. The van der Waals surface area contributed by atoms with Crippen LogP contribution in [-0.2, 0) is 0 Å². The van der Waals surface area contributed by atoms with Crippen LogP contribution in [0.2, 0.25) is 0 Å². The van der Waals surface area contributed by atoms with E-state index >= 15 is 0 Å². The Hall–Kier alpha value is -3.64. The maximum atomic E-state index is 5.50. The highest BCUT2D eigenvalue weighted by Gasteiger charge is 2.15. The number of nitrogens with zero attached hydrogens (tertiary/aromatic N) is 2. The molecule has 6 heteroatoms. The van der Waals surface area contributed by atoms with E-state index in [0.29, 0.717) is 11.7 Å². The van der Waals surface area contributed by atoms with Crippen LogP contribution < -0.4 is 14.2 Å². The van der Waals surface area contributed by atoms with Gasteiger partial charge >= 0.3 is 0 Å². The molecule has 0 saturated carbocycles. The lowest BCUT2D eigenvalue weighted by Crippen LogP contribution is -1.91. The minimum absolute atomic E-state index is 0.648. The van der Waals surface area contributed by atoms with Crippen LogP contribution in [0, 0.1) is 0 Å². The van der Waals surface area contributed by atoms with Crippen molar-refractivity contribution in [2.45, 2.75) is 6.92 Å². The van der Waals surface area contributed by atoms with Crippen molar-refractivity contribution in [3.8, 4) is 38.9 Å². The van der Waals surface area contributed by atoms with Gasteiger partial charge in [0.2, 0.25) is 5.13 Å². The Morgan fingerprint density at radius 1 is 0.781 bits per heavy atom. The molecule has 1 heterocycles. The lowest BCUT2D eigenvalue weighted by Gasteiger charge is -2.05. The molecule has 4 aromatic rings. The number of aromatic nitrogens is 1. The lowest BCUT2D eigenvalue weighted by molar-refractivity contribution is 0.340. The van der Waals surface area contributed by atoms with Crippen LogP contribution in [0.3, 0.4) is 0 Å². The standard InChI is InChI=1S/C26H24N2O3S/c1-4-31-23-11-5-18(6-12-23)17-27-26-28-24(19-7-13-21(29-2)14-8-19)25(32-26)20-9-15-22(30-3)16-10-20/h5-17H,4H2,1-3H3. The molecule has 4 rings (SSSR count). The molecule has 0 aliphatic heterocycles. The van der Waals surface area contributed by atoms with E-state index in [1.807, 2.05) is 85.9 Å². The molecule has 1 aromatic heterocycles.